The first-order valence-corrected chi connectivity index (χ1v) is 26.5. The fourth-order valence-corrected chi connectivity index (χ4v) is 23.4. The van der Waals surface area contributed by atoms with Crippen LogP contribution in [0.2, 0.25) is 55.4 Å². The Bertz CT molecular complexity index is 777. The maximum Gasteiger partial charge on any atom is 0.192 e. The predicted octanol–water partition coefficient (Wildman–Crippen LogP) is 11.0. The van der Waals surface area contributed by atoms with Gasteiger partial charge >= 0.3 is 0 Å². The van der Waals surface area contributed by atoms with Gasteiger partial charge in [0.05, 0.1) is 15.7 Å². The second-order valence-corrected chi connectivity index (χ2v) is 34.3. The molecule has 0 saturated heterocycles. The lowest BCUT2D eigenvalue weighted by molar-refractivity contribution is 0.0553. The normalized spacial score (nSPS) is 20.0. The zero-order chi connectivity index (χ0) is 30.8. The topological polar surface area (TPSA) is 27.7 Å². The summed E-state index contributed by atoms with van der Waals surface area (Å²) in [6.07, 6.45) is 4.09. The monoisotopic (exact) mass is 602 g/mol. The lowest BCUT2D eigenvalue weighted by Gasteiger charge is -2.65. The van der Waals surface area contributed by atoms with Crippen LogP contribution in [0.5, 0.6) is 0 Å². The highest BCUT2D eigenvalue weighted by molar-refractivity contribution is 6.94. The van der Waals surface area contributed by atoms with E-state index in [1.165, 1.54) is 0 Å². The van der Waals surface area contributed by atoms with E-state index >= 15 is 0 Å². The van der Waals surface area contributed by atoms with Crippen LogP contribution < -0.4 is 0 Å². The van der Waals surface area contributed by atoms with Crippen LogP contribution >= 0.6 is 0 Å². The van der Waals surface area contributed by atoms with Crippen molar-refractivity contribution in [1.29, 1.82) is 0 Å². The van der Waals surface area contributed by atoms with E-state index in [4.69, 9.17) is 13.3 Å². The highest BCUT2D eigenvalue weighted by Crippen LogP contribution is 2.54. The Morgan fingerprint density at radius 1 is 0.658 bits per heavy atom. The van der Waals surface area contributed by atoms with Crippen LogP contribution in [-0.2, 0) is 13.3 Å². The van der Waals surface area contributed by atoms with E-state index in [1.807, 2.05) is 0 Å². The molecule has 0 fully saturated rings. The third-order valence-corrected chi connectivity index (χ3v) is 31.1. The van der Waals surface area contributed by atoms with Gasteiger partial charge in [0.1, 0.15) is 0 Å². The third-order valence-electron chi connectivity index (χ3n) is 11.5. The Balaban J connectivity index is 7.71. The number of hydrogen-bond acceptors (Lipinski definition) is 3. The molecule has 0 heterocycles. The van der Waals surface area contributed by atoms with Gasteiger partial charge in [0.15, 0.2) is 33.0 Å². The van der Waals surface area contributed by atoms with Crippen LogP contribution in [0.4, 0.5) is 0 Å². The van der Waals surface area contributed by atoms with E-state index in [0.717, 1.165) is 25.7 Å². The quantitative estimate of drug-likeness (QED) is 0.155. The van der Waals surface area contributed by atoms with Gasteiger partial charge in [-0.05, 0) is 95.9 Å². The van der Waals surface area contributed by atoms with Crippen molar-refractivity contribution in [2.45, 2.75) is 187 Å². The molecule has 0 aliphatic carbocycles. The van der Waals surface area contributed by atoms with Crippen LogP contribution in [-0.4, -0.2) is 48.7 Å². The van der Waals surface area contributed by atoms with Gasteiger partial charge < -0.3 is 13.3 Å². The van der Waals surface area contributed by atoms with Crippen LogP contribution in [0, 0.1) is 0 Å². The molecule has 0 aromatic carbocycles. The lowest BCUT2D eigenvalue weighted by Crippen LogP contribution is -2.83. The molecule has 0 aliphatic heterocycles. The average molecular weight is 603 g/mol. The van der Waals surface area contributed by atoms with Crippen molar-refractivity contribution in [2.24, 2.45) is 0 Å². The summed E-state index contributed by atoms with van der Waals surface area (Å²) < 4.78 is 22.8. The summed E-state index contributed by atoms with van der Waals surface area (Å²) in [6.45, 7) is 49.7. The summed E-state index contributed by atoms with van der Waals surface area (Å²) in [7, 11) is -9.04. The van der Waals surface area contributed by atoms with Gasteiger partial charge in [-0.15, -0.1) is 6.58 Å². The van der Waals surface area contributed by atoms with Gasteiger partial charge in [-0.2, -0.15) is 0 Å². The van der Waals surface area contributed by atoms with E-state index < -0.39 is 38.3 Å². The summed E-state index contributed by atoms with van der Waals surface area (Å²) in [5.41, 5.74) is 3.42. The molecule has 7 heteroatoms. The molecule has 0 aliphatic rings. The Morgan fingerprint density at radius 2 is 1.05 bits per heavy atom. The second-order valence-electron chi connectivity index (χ2n) is 15.4. The molecule has 4 unspecified atom stereocenters. The minimum absolute atomic E-state index is 0.148. The molecule has 0 aromatic rings. The van der Waals surface area contributed by atoms with Gasteiger partial charge in [0, 0.05) is 0 Å². The zero-order valence-electron chi connectivity index (χ0n) is 29.5. The van der Waals surface area contributed by atoms with Crippen molar-refractivity contribution >= 4 is 33.0 Å². The minimum Gasteiger partial charge on any atom is -0.414 e. The molecule has 0 spiro atoms. The Morgan fingerprint density at radius 3 is 1.34 bits per heavy atom. The maximum absolute atomic E-state index is 7.62. The summed E-state index contributed by atoms with van der Waals surface area (Å²) in [5, 5.41) is -1.06. The molecular formula is C31H70O3Si4. The highest BCUT2D eigenvalue weighted by Gasteiger charge is 2.70. The van der Waals surface area contributed by atoms with Gasteiger partial charge in [-0.3, -0.25) is 0 Å². The first kappa shape index (κ1) is 38.5. The maximum atomic E-state index is 7.62. The van der Waals surface area contributed by atoms with E-state index in [1.54, 1.807) is 0 Å². The first-order valence-electron chi connectivity index (χ1n) is 15.5. The zero-order valence-corrected chi connectivity index (χ0v) is 33.5. The van der Waals surface area contributed by atoms with Gasteiger partial charge in [-0.1, -0.05) is 80.9 Å². The van der Waals surface area contributed by atoms with Crippen LogP contribution in [0.25, 0.3) is 0 Å². The Hall–Kier alpha value is 0.488. The highest BCUT2D eigenvalue weighted by atomic mass is 28.4. The van der Waals surface area contributed by atoms with E-state index in [9.17, 15) is 0 Å². The van der Waals surface area contributed by atoms with Crippen LogP contribution in [0.3, 0.4) is 0 Å². The molecule has 0 amide bonds. The average Bonchev–Trinajstić information content (AvgIpc) is 2.76. The molecule has 0 aromatic heterocycles. The third kappa shape index (κ3) is 7.09. The van der Waals surface area contributed by atoms with Gasteiger partial charge in [0.25, 0.3) is 0 Å². The van der Waals surface area contributed by atoms with Crippen molar-refractivity contribution in [3.05, 3.63) is 12.3 Å². The molecule has 0 saturated carbocycles. The second kappa shape index (κ2) is 12.8. The first-order chi connectivity index (χ1) is 16.8. The molecule has 3 nitrogen and oxygen atoms in total. The smallest absolute Gasteiger partial charge is 0.192 e. The Labute approximate surface area is 244 Å². The minimum atomic E-state index is -2.83. The predicted molar refractivity (Wildman–Crippen MR) is 182 cm³/mol. The molecule has 0 radical (unpaired) electrons. The molecule has 38 heavy (non-hydrogen) atoms. The van der Waals surface area contributed by atoms with E-state index in [0.29, 0.717) is 11.1 Å². The SMILES string of the molecule is C=C[Si](C(C)(C)O[Si](C)(C)C(C)(C)CC)(C(C)(CC)O[Si](C)(C)C(C)C)C(C)(CC)O[Si](C)(C)C(C)CC. The fourth-order valence-electron chi connectivity index (χ4n) is 6.53. The fraction of sp³-hybridized carbons (Fsp3) is 0.935. The van der Waals surface area contributed by atoms with Gasteiger partial charge in [0.2, 0.25) is 0 Å². The molecule has 0 rings (SSSR count). The standard InChI is InChI=1S/C31H70O3Si4/c1-21-27(8)36(17,18)34-31(14,24-4)38(25-5,30(13,23-3)33-35(15,16)26(6)7)29(11,12)32-37(19,20)28(9,10)22-2/h25-27H,5,21-24H2,1-4,6-20H3. The molecule has 228 valence electrons. The van der Waals surface area contributed by atoms with Crippen molar-refractivity contribution in [3.8, 4) is 0 Å². The van der Waals surface area contributed by atoms with Crippen molar-refractivity contribution in [3.63, 3.8) is 0 Å². The van der Waals surface area contributed by atoms with Crippen LogP contribution in [0.15, 0.2) is 12.3 Å². The molecule has 0 N–H and O–H groups in total. The number of rotatable bonds is 17. The summed E-state index contributed by atoms with van der Waals surface area (Å²) in [6, 6.07) is 0. The molecular weight excluding hydrogens is 533 g/mol. The summed E-state index contributed by atoms with van der Waals surface area (Å²) in [5.74, 6) is 0. The molecule has 0 bridgehead atoms. The van der Waals surface area contributed by atoms with Crippen LogP contribution in [0.1, 0.15) is 116 Å². The summed E-state index contributed by atoms with van der Waals surface area (Å²) >= 11 is 0. The molecule has 4 atom stereocenters. The van der Waals surface area contributed by atoms with E-state index in [-0.39, 0.29) is 15.5 Å². The lowest BCUT2D eigenvalue weighted by atomic mass is 10.1. The van der Waals surface area contributed by atoms with Crippen molar-refractivity contribution in [2.75, 3.05) is 0 Å². The van der Waals surface area contributed by atoms with Crippen molar-refractivity contribution < 1.29 is 13.3 Å². The largest absolute Gasteiger partial charge is 0.414 e. The Kier molecular flexibility index (Phi) is 12.9. The van der Waals surface area contributed by atoms with Gasteiger partial charge in [-0.25, -0.2) is 0 Å². The number of hydrogen-bond donors (Lipinski definition) is 0. The van der Waals surface area contributed by atoms with E-state index in [2.05, 4.69) is 142 Å². The van der Waals surface area contributed by atoms with Crippen molar-refractivity contribution in [1.82, 2.24) is 0 Å². The summed E-state index contributed by atoms with van der Waals surface area (Å²) in [4.78, 5) is 0.